The molecule has 5 nitrogen and oxygen atoms in total. The summed E-state index contributed by atoms with van der Waals surface area (Å²) in [6.07, 6.45) is 1.44. The summed E-state index contributed by atoms with van der Waals surface area (Å²) in [5.41, 5.74) is 4.06. The predicted octanol–water partition coefficient (Wildman–Crippen LogP) is 4.46. The lowest BCUT2D eigenvalue weighted by Gasteiger charge is -2.01. The molecule has 20 heavy (non-hydrogen) atoms. The fourth-order valence-corrected chi connectivity index (χ4v) is 1.88. The average molecular weight is 355 g/mol. The maximum atomic E-state index is 10.7. The highest BCUT2D eigenvalue weighted by atomic mass is 79.9. The molecule has 1 N–H and O–H groups in total. The number of nitrogens with zero attached hydrogens (tertiary/aromatic N) is 2. The number of halogens is 2. The van der Waals surface area contributed by atoms with E-state index in [9.17, 15) is 10.1 Å². The van der Waals surface area contributed by atoms with Crippen molar-refractivity contribution in [2.45, 2.75) is 0 Å². The Hall–Kier alpha value is -1.92. The van der Waals surface area contributed by atoms with Crippen LogP contribution in [0.5, 0.6) is 0 Å². The monoisotopic (exact) mass is 353 g/mol. The van der Waals surface area contributed by atoms with Crippen molar-refractivity contribution >= 4 is 45.1 Å². The Kier molecular flexibility index (Phi) is 4.70. The van der Waals surface area contributed by atoms with Crippen LogP contribution in [0.15, 0.2) is 52.0 Å². The van der Waals surface area contributed by atoms with Crippen molar-refractivity contribution < 1.29 is 4.92 Å². The normalized spacial score (nSPS) is 10.7. The van der Waals surface area contributed by atoms with Gasteiger partial charge < -0.3 is 0 Å². The smallest absolute Gasteiger partial charge is 0.270 e. The van der Waals surface area contributed by atoms with Crippen LogP contribution < -0.4 is 5.43 Å². The fraction of sp³-hybridized carbons (Fsp3) is 0. The third-order valence-corrected chi connectivity index (χ3v) is 3.30. The number of hydrogen-bond acceptors (Lipinski definition) is 4. The van der Waals surface area contributed by atoms with E-state index in [0.717, 1.165) is 10.2 Å². The predicted molar refractivity (Wildman–Crippen MR) is 83.5 cm³/mol. The summed E-state index contributed by atoms with van der Waals surface area (Å²) >= 11 is 9.29. The second kappa shape index (κ2) is 6.49. The van der Waals surface area contributed by atoms with Crippen LogP contribution in [0.2, 0.25) is 5.02 Å². The maximum Gasteiger partial charge on any atom is 0.270 e. The summed E-state index contributed by atoms with van der Waals surface area (Å²) in [6.45, 7) is 0. The number of nitro groups is 1. The number of anilines is 1. The van der Waals surface area contributed by atoms with E-state index in [4.69, 9.17) is 11.6 Å². The topological polar surface area (TPSA) is 67.5 Å². The van der Waals surface area contributed by atoms with Crippen molar-refractivity contribution in [1.82, 2.24) is 0 Å². The van der Waals surface area contributed by atoms with Crippen LogP contribution >= 0.6 is 27.5 Å². The Morgan fingerprint density at radius 1 is 1.25 bits per heavy atom. The van der Waals surface area contributed by atoms with Crippen molar-refractivity contribution in [2.75, 3.05) is 5.43 Å². The number of hydrogen-bond donors (Lipinski definition) is 1. The van der Waals surface area contributed by atoms with Gasteiger partial charge in [0.2, 0.25) is 0 Å². The van der Waals surface area contributed by atoms with Gasteiger partial charge in [0.1, 0.15) is 0 Å². The van der Waals surface area contributed by atoms with Crippen molar-refractivity contribution in [2.24, 2.45) is 5.10 Å². The maximum absolute atomic E-state index is 10.7. The Labute approximate surface area is 128 Å². The molecule has 2 aromatic carbocycles. The molecular formula is C13H9BrClN3O2. The van der Waals surface area contributed by atoms with E-state index in [2.05, 4.69) is 26.5 Å². The summed E-state index contributed by atoms with van der Waals surface area (Å²) in [5.74, 6) is 0. The van der Waals surface area contributed by atoms with Gasteiger partial charge in [-0.3, -0.25) is 15.5 Å². The minimum absolute atomic E-state index is 0.0282. The Morgan fingerprint density at radius 3 is 2.60 bits per heavy atom. The van der Waals surface area contributed by atoms with E-state index < -0.39 is 4.92 Å². The first-order valence-electron chi connectivity index (χ1n) is 5.55. The molecule has 0 spiro atoms. The second-order valence-corrected chi connectivity index (χ2v) is 5.16. The number of nitro benzene ring substituents is 1. The van der Waals surface area contributed by atoms with E-state index in [0.29, 0.717) is 10.6 Å². The van der Waals surface area contributed by atoms with Crippen molar-refractivity contribution in [3.63, 3.8) is 0 Å². The number of hydrazone groups is 1. The van der Waals surface area contributed by atoms with Crippen LogP contribution in [0.1, 0.15) is 5.56 Å². The molecule has 0 radical (unpaired) electrons. The van der Waals surface area contributed by atoms with Gasteiger partial charge in [-0.1, -0.05) is 27.5 Å². The minimum Gasteiger partial charge on any atom is -0.279 e. The first kappa shape index (κ1) is 14.5. The van der Waals surface area contributed by atoms with Gasteiger partial charge in [-0.05, 0) is 30.3 Å². The van der Waals surface area contributed by atoms with Crippen LogP contribution in [0.3, 0.4) is 0 Å². The third-order valence-electron chi connectivity index (χ3n) is 2.43. The zero-order chi connectivity index (χ0) is 14.5. The summed E-state index contributed by atoms with van der Waals surface area (Å²) in [4.78, 5) is 10.2. The Bertz CT molecular complexity index is 659. The van der Waals surface area contributed by atoms with Crippen LogP contribution in [0, 0.1) is 10.1 Å². The van der Waals surface area contributed by atoms with Gasteiger partial charge in [0, 0.05) is 27.2 Å². The Morgan fingerprint density at radius 2 is 1.95 bits per heavy atom. The summed E-state index contributed by atoms with van der Waals surface area (Å²) in [5, 5.41) is 15.1. The first-order chi connectivity index (χ1) is 9.56. The minimum atomic E-state index is -0.476. The molecule has 7 heteroatoms. The number of nitrogens with one attached hydrogen (secondary N) is 1. The molecule has 0 amide bonds. The van der Waals surface area contributed by atoms with E-state index in [-0.39, 0.29) is 5.69 Å². The molecule has 0 heterocycles. The van der Waals surface area contributed by atoms with Crippen LogP contribution in [0.25, 0.3) is 0 Å². The molecule has 0 saturated heterocycles. The van der Waals surface area contributed by atoms with Crippen molar-refractivity contribution in [1.29, 1.82) is 0 Å². The fourth-order valence-electron chi connectivity index (χ4n) is 1.44. The molecule has 0 aliphatic carbocycles. The number of rotatable bonds is 4. The van der Waals surface area contributed by atoms with Gasteiger partial charge >= 0.3 is 0 Å². The van der Waals surface area contributed by atoms with Gasteiger partial charge in [-0.25, -0.2) is 0 Å². The van der Waals surface area contributed by atoms with Crippen molar-refractivity contribution in [3.05, 3.63) is 67.6 Å². The van der Waals surface area contributed by atoms with Gasteiger partial charge in [0.05, 0.1) is 16.8 Å². The quantitative estimate of drug-likeness (QED) is 0.501. The van der Waals surface area contributed by atoms with Gasteiger partial charge in [-0.2, -0.15) is 5.10 Å². The van der Waals surface area contributed by atoms with Crippen LogP contribution in [-0.2, 0) is 0 Å². The third kappa shape index (κ3) is 3.79. The molecule has 0 aromatic heterocycles. The SMILES string of the molecule is O=[N+]([O-])c1ccc(Cl)c(/C=N/Nc2ccc(Br)cc2)c1. The van der Waals surface area contributed by atoms with E-state index in [1.54, 1.807) is 0 Å². The zero-order valence-electron chi connectivity index (χ0n) is 10.1. The number of non-ortho nitro benzene ring substituents is 1. The second-order valence-electron chi connectivity index (χ2n) is 3.84. The van der Waals surface area contributed by atoms with Gasteiger partial charge in [-0.15, -0.1) is 0 Å². The number of benzene rings is 2. The summed E-state index contributed by atoms with van der Waals surface area (Å²) in [6, 6.07) is 11.6. The van der Waals surface area contributed by atoms with Gasteiger partial charge in [0.15, 0.2) is 0 Å². The molecule has 0 aliphatic heterocycles. The van der Waals surface area contributed by atoms with Gasteiger partial charge in [0.25, 0.3) is 5.69 Å². The molecule has 2 rings (SSSR count). The molecule has 0 fully saturated rings. The molecule has 102 valence electrons. The first-order valence-corrected chi connectivity index (χ1v) is 6.72. The van der Waals surface area contributed by atoms with Crippen LogP contribution in [0.4, 0.5) is 11.4 Å². The summed E-state index contributed by atoms with van der Waals surface area (Å²) in [7, 11) is 0. The lowest BCUT2D eigenvalue weighted by molar-refractivity contribution is -0.384. The lowest BCUT2D eigenvalue weighted by Crippen LogP contribution is -1.93. The van der Waals surface area contributed by atoms with E-state index in [1.807, 2.05) is 24.3 Å². The average Bonchev–Trinajstić information content (AvgIpc) is 2.43. The summed E-state index contributed by atoms with van der Waals surface area (Å²) < 4.78 is 0.966. The molecular weight excluding hydrogens is 346 g/mol. The largest absolute Gasteiger partial charge is 0.279 e. The highest BCUT2D eigenvalue weighted by Gasteiger charge is 2.07. The Balaban J connectivity index is 2.12. The lowest BCUT2D eigenvalue weighted by atomic mass is 10.2. The molecule has 0 unspecified atom stereocenters. The zero-order valence-corrected chi connectivity index (χ0v) is 12.4. The van der Waals surface area contributed by atoms with E-state index in [1.165, 1.54) is 24.4 Å². The molecule has 2 aromatic rings. The highest BCUT2D eigenvalue weighted by Crippen LogP contribution is 2.20. The molecule has 0 saturated carbocycles. The molecule has 0 atom stereocenters. The van der Waals surface area contributed by atoms with Crippen LogP contribution in [-0.4, -0.2) is 11.1 Å². The molecule has 0 bridgehead atoms. The molecule has 0 aliphatic rings. The van der Waals surface area contributed by atoms with E-state index >= 15 is 0 Å². The van der Waals surface area contributed by atoms with Crippen molar-refractivity contribution in [3.8, 4) is 0 Å². The standard InChI is InChI=1S/C13H9BrClN3O2/c14-10-1-3-11(4-2-10)17-16-8-9-7-12(18(19)20)5-6-13(9)15/h1-8,17H/b16-8+. The highest BCUT2D eigenvalue weighted by molar-refractivity contribution is 9.10.